The fourth-order valence-corrected chi connectivity index (χ4v) is 4.84. The summed E-state index contributed by atoms with van der Waals surface area (Å²) >= 11 is 2.04. The molecule has 1 aliphatic heterocycles. The molecule has 1 saturated carbocycles. The highest BCUT2D eigenvalue weighted by molar-refractivity contribution is 8.00. The van der Waals surface area contributed by atoms with Crippen molar-refractivity contribution in [3.8, 4) is 5.75 Å². The van der Waals surface area contributed by atoms with E-state index in [0.717, 1.165) is 37.2 Å². The molecule has 1 aliphatic carbocycles. The van der Waals surface area contributed by atoms with Crippen molar-refractivity contribution in [1.29, 1.82) is 0 Å². The van der Waals surface area contributed by atoms with Gasteiger partial charge in [-0.2, -0.15) is 11.8 Å². The lowest BCUT2D eigenvalue weighted by molar-refractivity contribution is -0.126. The summed E-state index contributed by atoms with van der Waals surface area (Å²) in [5.74, 6) is 1.22. The largest absolute Gasteiger partial charge is 0.497 e. The highest BCUT2D eigenvalue weighted by Crippen LogP contribution is 2.43. The van der Waals surface area contributed by atoms with Crippen molar-refractivity contribution in [2.45, 2.75) is 43.4 Å². The second-order valence-electron chi connectivity index (χ2n) is 7.36. The highest BCUT2D eigenvalue weighted by Gasteiger charge is 2.38. The Morgan fingerprint density at radius 1 is 1.28 bits per heavy atom. The lowest BCUT2D eigenvalue weighted by atomic mass is 9.83. The molecule has 0 spiro atoms. The van der Waals surface area contributed by atoms with Crippen LogP contribution in [0.2, 0.25) is 0 Å². The molecule has 0 radical (unpaired) electrons. The van der Waals surface area contributed by atoms with Gasteiger partial charge in [0.05, 0.1) is 7.11 Å². The van der Waals surface area contributed by atoms with Gasteiger partial charge in [-0.15, -0.1) is 0 Å². The van der Waals surface area contributed by atoms with Gasteiger partial charge in [-0.1, -0.05) is 18.6 Å². The summed E-state index contributed by atoms with van der Waals surface area (Å²) < 4.78 is 5.66. The Kier molecular flexibility index (Phi) is 6.29. The number of hydrogen-bond donors (Lipinski definition) is 1. The molecule has 1 heterocycles. The van der Waals surface area contributed by atoms with Crippen LogP contribution in [0.15, 0.2) is 24.3 Å². The summed E-state index contributed by atoms with van der Waals surface area (Å²) in [6, 6.07) is 7.87. The Bertz CT molecular complexity index is 558. The molecule has 1 aromatic rings. The quantitative estimate of drug-likeness (QED) is 0.808. The summed E-state index contributed by atoms with van der Waals surface area (Å²) in [7, 11) is 1.66. The van der Waals surface area contributed by atoms with Gasteiger partial charge in [-0.25, -0.2) is 0 Å². The first kappa shape index (κ1) is 18.6. The number of thioether (sulfide) groups is 1. The molecule has 1 saturated heterocycles. The molecule has 25 heavy (non-hydrogen) atoms. The zero-order chi connectivity index (χ0) is 17.7. The number of benzene rings is 1. The summed E-state index contributed by atoms with van der Waals surface area (Å²) in [6.45, 7) is 3.92. The third kappa shape index (κ3) is 4.70. The minimum absolute atomic E-state index is 0.168. The molecule has 1 aromatic carbocycles. The number of amides is 1. The molecule has 0 bridgehead atoms. The molecule has 1 N–H and O–H groups in total. The van der Waals surface area contributed by atoms with Gasteiger partial charge in [0, 0.05) is 23.8 Å². The van der Waals surface area contributed by atoms with Gasteiger partial charge in [-0.05, 0) is 62.7 Å². The second kappa shape index (κ2) is 8.45. The van der Waals surface area contributed by atoms with Crippen molar-refractivity contribution >= 4 is 17.7 Å². The number of nitrogens with zero attached hydrogens (tertiary/aromatic N) is 1. The lowest BCUT2D eigenvalue weighted by Crippen LogP contribution is -2.49. The van der Waals surface area contributed by atoms with Gasteiger partial charge in [-0.3, -0.25) is 4.79 Å². The van der Waals surface area contributed by atoms with E-state index in [-0.39, 0.29) is 11.8 Å². The number of ether oxygens (including phenoxy) is 1. The number of likely N-dealkylation sites (tertiary alicyclic amines) is 1. The molecule has 138 valence electrons. The Balaban J connectivity index is 1.40. The fourth-order valence-electron chi connectivity index (χ4n) is 3.84. The molecule has 3 rings (SSSR count). The molecular weight excluding hydrogens is 332 g/mol. The van der Waals surface area contributed by atoms with Crippen molar-refractivity contribution in [3.63, 3.8) is 0 Å². The van der Waals surface area contributed by atoms with Crippen molar-refractivity contribution in [1.82, 2.24) is 10.2 Å². The zero-order valence-electron chi connectivity index (χ0n) is 15.4. The molecule has 0 aromatic heterocycles. The molecule has 4 nitrogen and oxygen atoms in total. The highest BCUT2D eigenvalue weighted by atomic mass is 32.2. The van der Waals surface area contributed by atoms with Crippen molar-refractivity contribution in [2.75, 3.05) is 33.0 Å². The van der Waals surface area contributed by atoms with Crippen LogP contribution in [0, 0.1) is 5.92 Å². The maximum absolute atomic E-state index is 12.5. The Labute approximate surface area is 155 Å². The van der Waals surface area contributed by atoms with E-state index in [9.17, 15) is 4.79 Å². The van der Waals surface area contributed by atoms with Crippen LogP contribution >= 0.6 is 11.8 Å². The van der Waals surface area contributed by atoms with Crippen LogP contribution in [0.25, 0.3) is 0 Å². The van der Waals surface area contributed by atoms with Gasteiger partial charge in [0.1, 0.15) is 5.75 Å². The van der Waals surface area contributed by atoms with Gasteiger partial charge < -0.3 is 15.0 Å². The lowest BCUT2D eigenvalue weighted by Gasteiger charge is -2.45. The van der Waals surface area contributed by atoms with Gasteiger partial charge in [0.2, 0.25) is 5.91 Å². The number of nitrogens with one attached hydrogen (secondary N) is 1. The molecule has 1 amide bonds. The number of carbonyl (C=O) groups is 1. The SMILES string of the molecule is COc1ccc(CNC(=O)C2CCN(CC3(SC)CCC3)CC2)cc1. The zero-order valence-corrected chi connectivity index (χ0v) is 16.2. The van der Waals surface area contributed by atoms with E-state index in [1.807, 2.05) is 36.0 Å². The van der Waals surface area contributed by atoms with Gasteiger partial charge in [0.25, 0.3) is 0 Å². The van der Waals surface area contributed by atoms with E-state index >= 15 is 0 Å². The van der Waals surface area contributed by atoms with Crippen molar-refractivity contribution in [2.24, 2.45) is 5.92 Å². The van der Waals surface area contributed by atoms with E-state index in [2.05, 4.69) is 16.5 Å². The van der Waals surface area contributed by atoms with Crippen LogP contribution < -0.4 is 10.1 Å². The molecule has 2 fully saturated rings. The second-order valence-corrected chi connectivity index (χ2v) is 8.63. The van der Waals surface area contributed by atoms with Crippen LogP contribution in [0.3, 0.4) is 0 Å². The Hall–Kier alpha value is -1.20. The Morgan fingerprint density at radius 3 is 2.48 bits per heavy atom. The van der Waals surface area contributed by atoms with Gasteiger partial charge >= 0.3 is 0 Å². The summed E-state index contributed by atoms with van der Waals surface area (Å²) in [5, 5.41) is 3.10. The summed E-state index contributed by atoms with van der Waals surface area (Å²) in [5.41, 5.74) is 1.11. The first-order valence-corrected chi connectivity index (χ1v) is 10.5. The van der Waals surface area contributed by atoms with Crippen LogP contribution in [0.1, 0.15) is 37.7 Å². The minimum Gasteiger partial charge on any atom is -0.497 e. The standard InChI is InChI=1S/C20H30N2O2S/c1-24-18-6-4-16(5-7-18)14-21-19(23)17-8-12-22(13-9-17)15-20(25-2)10-3-11-20/h4-7,17H,3,8-15H2,1-2H3,(H,21,23). The molecule has 5 heteroatoms. The topological polar surface area (TPSA) is 41.6 Å². The first-order valence-electron chi connectivity index (χ1n) is 9.32. The van der Waals surface area contributed by atoms with E-state index in [1.165, 1.54) is 25.8 Å². The van der Waals surface area contributed by atoms with Gasteiger partial charge in [0.15, 0.2) is 0 Å². The molecule has 2 aliphatic rings. The average Bonchev–Trinajstić information content (AvgIpc) is 2.63. The predicted octanol–water partition coefficient (Wildman–Crippen LogP) is 3.31. The number of methoxy groups -OCH3 is 1. The monoisotopic (exact) mass is 362 g/mol. The number of piperidine rings is 1. The van der Waals surface area contributed by atoms with E-state index in [0.29, 0.717) is 11.3 Å². The third-order valence-corrected chi connectivity index (χ3v) is 7.20. The molecule has 0 atom stereocenters. The summed E-state index contributed by atoms with van der Waals surface area (Å²) in [6.07, 6.45) is 8.31. The Morgan fingerprint density at radius 2 is 1.96 bits per heavy atom. The minimum atomic E-state index is 0.168. The van der Waals surface area contributed by atoms with Crippen LogP contribution in [-0.4, -0.2) is 48.6 Å². The fraction of sp³-hybridized carbons (Fsp3) is 0.650. The van der Waals surface area contributed by atoms with Crippen molar-refractivity contribution < 1.29 is 9.53 Å². The van der Waals surface area contributed by atoms with Crippen LogP contribution in [-0.2, 0) is 11.3 Å². The van der Waals surface area contributed by atoms with Crippen LogP contribution in [0.4, 0.5) is 0 Å². The number of hydrogen-bond acceptors (Lipinski definition) is 4. The van der Waals surface area contributed by atoms with E-state index in [4.69, 9.17) is 4.74 Å². The number of rotatable bonds is 7. The van der Waals surface area contributed by atoms with Crippen LogP contribution in [0.5, 0.6) is 5.75 Å². The van der Waals surface area contributed by atoms with Crippen molar-refractivity contribution in [3.05, 3.63) is 29.8 Å². The summed E-state index contributed by atoms with van der Waals surface area (Å²) in [4.78, 5) is 15.0. The molecule has 0 unspecified atom stereocenters. The van der Waals surface area contributed by atoms with E-state index < -0.39 is 0 Å². The average molecular weight is 363 g/mol. The third-order valence-electron chi connectivity index (χ3n) is 5.79. The van der Waals surface area contributed by atoms with E-state index in [1.54, 1.807) is 7.11 Å². The normalized spacial score (nSPS) is 20.7. The first-order chi connectivity index (χ1) is 12.1. The maximum atomic E-state index is 12.5. The smallest absolute Gasteiger partial charge is 0.223 e. The predicted molar refractivity (Wildman–Crippen MR) is 104 cm³/mol. The maximum Gasteiger partial charge on any atom is 0.223 e. The molecular formula is C20H30N2O2S. The number of carbonyl (C=O) groups excluding carboxylic acids is 1.